The number of guanidine groups is 1. The van der Waals surface area contributed by atoms with Gasteiger partial charge >= 0.3 is 0 Å². The maximum atomic E-state index is 11.6. The van der Waals surface area contributed by atoms with Gasteiger partial charge in [0.1, 0.15) is 17.6 Å². The predicted octanol–water partition coefficient (Wildman–Crippen LogP) is 1.77. The minimum Gasteiger partial charge on any atom is -0.497 e. The lowest BCUT2D eigenvalue weighted by molar-refractivity contribution is -0.120. The third-order valence-corrected chi connectivity index (χ3v) is 3.15. The Balaban J connectivity index is 0.00000576. The molecule has 0 aliphatic rings. The van der Waals surface area contributed by atoms with Crippen molar-refractivity contribution < 1.29 is 14.3 Å². The number of nitrogens with zero attached hydrogens (tertiary/aromatic N) is 1. The largest absolute Gasteiger partial charge is 0.497 e. The highest BCUT2D eigenvalue weighted by molar-refractivity contribution is 14.0. The van der Waals surface area contributed by atoms with E-state index >= 15 is 0 Å². The molecule has 0 bridgehead atoms. The molecule has 0 fully saturated rings. The Morgan fingerprint density at radius 3 is 2.60 bits per heavy atom. The molecule has 0 saturated heterocycles. The summed E-state index contributed by atoms with van der Waals surface area (Å²) in [6, 6.07) is 7.46. The first kappa shape index (κ1) is 23.3. The second-order valence-corrected chi connectivity index (χ2v) is 5.26. The maximum absolute atomic E-state index is 11.6. The lowest BCUT2D eigenvalue weighted by Crippen LogP contribution is -2.45. The molecular formula is C17H29IN4O3. The highest BCUT2D eigenvalue weighted by Gasteiger charge is 2.07. The van der Waals surface area contributed by atoms with Gasteiger partial charge in [0.05, 0.1) is 20.2 Å². The molecular weight excluding hydrogens is 435 g/mol. The third-order valence-electron chi connectivity index (χ3n) is 3.15. The number of halogens is 1. The molecule has 1 unspecified atom stereocenters. The summed E-state index contributed by atoms with van der Waals surface area (Å²) in [7, 11) is 3.28. The van der Waals surface area contributed by atoms with Crippen LogP contribution in [-0.4, -0.2) is 51.8 Å². The number of aliphatic imine (C=N–C) groups is 1. The molecule has 0 radical (unpaired) electrons. The van der Waals surface area contributed by atoms with E-state index in [2.05, 4.69) is 20.9 Å². The van der Waals surface area contributed by atoms with Gasteiger partial charge < -0.3 is 25.4 Å². The first-order chi connectivity index (χ1) is 11.6. The average molecular weight is 464 g/mol. The van der Waals surface area contributed by atoms with Gasteiger partial charge in [0.2, 0.25) is 5.91 Å². The van der Waals surface area contributed by atoms with E-state index in [1.807, 2.05) is 38.1 Å². The van der Waals surface area contributed by atoms with Crippen LogP contribution in [0.15, 0.2) is 29.3 Å². The van der Waals surface area contributed by atoms with Crippen molar-refractivity contribution in [3.63, 3.8) is 0 Å². The normalized spacial score (nSPS) is 11.8. The van der Waals surface area contributed by atoms with Crippen LogP contribution in [0.5, 0.6) is 11.5 Å². The van der Waals surface area contributed by atoms with Crippen LogP contribution in [0.3, 0.4) is 0 Å². The van der Waals surface area contributed by atoms with E-state index in [4.69, 9.17) is 9.47 Å². The van der Waals surface area contributed by atoms with Gasteiger partial charge in [-0.3, -0.25) is 9.79 Å². The molecule has 0 aliphatic heterocycles. The van der Waals surface area contributed by atoms with Crippen LogP contribution in [0.1, 0.15) is 20.3 Å². The van der Waals surface area contributed by atoms with Crippen molar-refractivity contribution in [3.05, 3.63) is 24.3 Å². The average Bonchev–Trinajstić information content (AvgIpc) is 2.60. The number of benzene rings is 1. The van der Waals surface area contributed by atoms with E-state index in [1.165, 1.54) is 0 Å². The smallest absolute Gasteiger partial charge is 0.239 e. The van der Waals surface area contributed by atoms with Crippen LogP contribution in [0.2, 0.25) is 0 Å². The van der Waals surface area contributed by atoms with Gasteiger partial charge in [0, 0.05) is 19.7 Å². The predicted molar refractivity (Wildman–Crippen MR) is 111 cm³/mol. The Kier molecular flexibility index (Phi) is 12.6. The molecule has 8 heteroatoms. The Morgan fingerprint density at radius 1 is 1.24 bits per heavy atom. The molecule has 0 aliphatic carbocycles. The molecule has 1 aromatic rings. The van der Waals surface area contributed by atoms with Gasteiger partial charge in [0.15, 0.2) is 5.96 Å². The maximum Gasteiger partial charge on any atom is 0.239 e. The van der Waals surface area contributed by atoms with Gasteiger partial charge in [0.25, 0.3) is 0 Å². The fourth-order valence-corrected chi connectivity index (χ4v) is 1.90. The lowest BCUT2D eigenvalue weighted by Gasteiger charge is -2.18. The molecule has 0 heterocycles. The SMILES string of the molecule is CCCNC(=O)CNC(=NC)NCC(C)Oc1cccc(OC)c1.I. The summed E-state index contributed by atoms with van der Waals surface area (Å²) in [5.74, 6) is 2.00. The summed E-state index contributed by atoms with van der Waals surface area (Å²) >= 11 is 0. The van der Waals surface area contributed by atoms with Gasteiger partial charge in [-0.05, 0) is 25.5 Å². The second-order valence-electron chi connectivity index (χ2n) is 5.26. The minimum atomic E-state index is -0.0791. The molecule has 3 N–H and O–H groups in total. The van der Waals surface area contributed by atoms with Crippen LogP contribution in [-0.2, 0) is 4.79 Å². The Morgan fingerprint density at radius 2 is 1.96 bits per heavy atom. The molecule has 7 nitrogen and oxygen atoms in total. The van der Waals surface area contributed by atoms with Crippen molar-refractivity contribution in [3.8, 4) is 11.5 Å². The van der Waals surface area contributed by atoms with E-state index < -0.39 is 0 Å². The molecule has 1 rings (SSSR count). The molecule has 1 atom stereocenters. The van der Waals surface area contributed by atoms with Gasteiger partial charge in [-0.25, -0.2) is 0 Å². The van der Waals surface area contributed by atoms with E-state index in [9.17, 15) is 4.79 Å². The summed E-state index contributed by atoms with van der Waals surface area (Å²) in [5.41, 5.74) is 0. The fourth-order valence-electron chi connectivity index (χ4n) is 1.90. The van der Waals surface area contributed by atoms with Gasteiger partial charge in [-0.15, -0.1) is 24.0 Å². The number of nitrogens with one attached hydrogen (secondary N) is 3. The molecule has 25 heavy (non-hydrogen) atoms. The van der Waals surface area contributed by atoms with Crippen molar-refractivity contribution in [1.82, 2.24) is 16.0 Å². The second kappa shape index (κ2) is 13.6. The van der Waals surface area contributed by atoms with Crippen LogP contribution in [0.25, 0.3) is 0 Å². The van der Waals surface area contributed by atoms with Crippen molar-refractivity contribution in [2.24, 2.45) is 4.99 Å². The van der Waals surface area contributed by atoms with Crippen molar-refractivity contribution in [2.45, 2.75) is 26.4 Å². The highest BCUT2D eigenvalue weighted by Crippen LogP contribution is 2.19. The zero-order valence-electron chi connectivity index (χ0n) is 15.3. The first-order valence-electron chi connectivity index (χ1n) is 8.11. The molecule has 1 aromatic carbocycles. The van der Waals surface area contributed by atoms with Crippen molar-refractivity contribution in [1.29, 1.82) is 0 Å². The van der Waals surface area contributed by atoms with Gasteiger partial charge in [-0.2, -0.15) is 0 Å². The third kappa shape index (κ3) is 10.0. The monoisotopic (exact) mass is 464 g/mol. The Labute approximate surface area is 167 Å². The Bertz CT molecular complexity index is 540. The van der Waals surface area contributed by atoms with E-state index in [-0.39, 0.29) is 42.5 Å². The summed E-state index contributed by atoms with van der Waals surface area (Å²) in [4.78, 5) is 15.7. The number of rotatable bonds is 9. The van der Waals surface area contributed by atoms with Crippen LogP contribution < -0.4 is 25.4 Å². The topological polar surface area (TPSA) is 84.0 Å². The Hall–Kier alpha value is -1.71. The van der Waals surface area contributed by atoms with Crippen LogP contribution in [0.4, 0.5) is 0 Å². The number of ether oxygens (including phenoxy) is 2. The van der Waals surface area contributed by atoms with E-state index in [1.54, 1.807) is 14.2 Å². The number of amides is 1. The van der Waals surface area contributed by atoms with Crippen molar-refractivity contribution >= 4 is 35.8 Å². The van der Waals surface area contributed by atoms with E-state index in [0.717, 1.165) is 17.9 Å². The number of carbonyl (C=O) groups excluding carboxylic acids is 1. The minimum absolute atomic E-state index is 0. The molecule has 0 saturated carbocycles. The number of hydrogen-bond donors (Lipinski definition) is 3. The summed E-state index contributed by atoms with van der Waals surface area (Å²) in [6.07, 6.45) is 0.835. The summed E-state index contributed by atoms with van der Waals surface area (Å²) < 4.78 is 11.0. The summed E-state index contributed by atoms with van der Waals surface area (Å²) in [6.45, 7) is 5.38. The van der Waals surface area contributed by atoms with Crippen LogP contribution in [0, 0.1) is 0 Å². The van der Waals surface area contributed by atoms with Crippen molar-refractivity contribution in [2.75, 3.05) is 33.8 Å². The first-order valence-corrected chi connectivity index (χ1v) is 8.11. The zero-order chi connectivity index (χ0) is 17.8. The van der Waals surface area contributed by atoms with Gasteiger partial charge in [-0.1, -0.05) is 13.0 Å². The van der Waals surface area contributed by atoms with Crippen LogP contribution >= 0.6 is 24.0 Å². The molecule has 0 spiro atoms. The molecule has 1 amide bonds. The molecule has 0 aromatic heterocycles. The zero-order valence-corrected chi connectivity index (χ0v) is 17.6. The van der Waals surface area contributed by atoms with E-state index in [0.29, 0.717) is 19.0 Å². The highest BCUT2D eigenvalue weighted by atomic mass is 127. The fraction of sp³-hybridized carbons (Fsp3) is 0.529. The number of hydrogen-bond acceptors (Lipinski definition) is 4. The number of methoxy groups -OCH3 is 1. The summed E-state index contributed by atoms with van der Waals surface area (Å²) in [5, 5.41) is 8.90. The number of carbonyl (C=O) groups is 1. The standard InChI is InChI=1S/C17H28N4O3.HI/c1-5-9-19-16(22)12-21-17(18-3)20-11-13(2)24-15-8-6-7-14(10-15)23-4;/h6-8,10,13H,5,9,11-12H2,1-4H3,(H,19,22)(H2,18,20,21);1H. The lowest BCUT2D eigenvalue weighted by atomic mass is 10.3. The molecule has 142 valence electrons. The quantitative estimate of drug-likeness (QED) is 0.295.